The summed E-state index contributed by atoms with van der Waals surface area (Å²) in [5.74, 6) is 0.726. The zero-order valence-electron chi connectivity index (χ0n) is 23.0. The Balaban J connectivity index is 0. The van der Waals surface area contributed by atoms with Crippen molar-refractivity contribution < 1.29 is 4.74 Å². The minimum atomic E-state index is 0.0570. The lowest BCUT2D eigenvalue weighted by Crippen LogP contribution is -2.13. The molecule has 0 aliphatic rings. The van der Waals surface area contributed by atoms with Crippen LogP contribution in [-0.2, 0) is 4.74 Å². The Morgan fingerprint density at radius 1 is 0.750 bits per heavy atom. The second-order valence-corrected chi connectivity index (χ2v) is 7.93. The highest BCUT2D eigenvalue weighted by molar-refractivity contribution is 5.62. The lowest BCUT2D eigenvalue weighted by Gasteiger charge is -2.30. The van der Waals surface area contributed by atoms with Crippen LogP contribution in [0.2, 0.25) is 0 Å². The number of benzene rings is 1. The summed E-state index contributed by atoms with van der Waals surface area (Å²) in [6, 6.07) is 6.40. The molecule has 0 aliphatic heterocycles. The maximum Gasteiger partial charge on any atom is 0.118 e. The molecule has 178 valence electrons. The van der Waals surface area contributed by atoms with E-state index in [2.05, 4.69) is 93.0 Å². The largest absolute Gasteiger partial charge is 0.497 e. The number of methoxy groups -OCH3 is 1. The Morgan fingerprint density at radius 3 is 1.53 bits per heavy atom. The maximum atomic E-state index is 5.32. The van der Waals surface area contributed by atoms with Crippen LogP contribution in [0.5, 0.6) is 0 Å². The molecule has 1 nitrogen and oxygen atoms in total. The van der Waals surface area contributed by atoms with Gasteiger partial charge in [0.05, 0.1) is 7.11 Å². The van der Waals surface area contributed by atoms with Crippen molar-refractivity contribution in [2.24, 2.45) is 0 Å². The van der Waals surface area contributed by atoms with Gasteiger partial charge in [-0.05, 0) is 82.4 Å². The number of allylic oxidation sites excluding steroid dienone is 7. The molecule has 0 heterocycles. The molecule has 1 unspecified atom stereocenters. The molecular weight excluding hydrogens is 388 g/mol. The first-order valence-corrected chi connectivity index (χ1v) is 11.6. The van der Waals surface area contributed by atoms with Gasteiger partial charge < -0.3 is 4.74 Å². The van der Waals surface area contributed by atoms with Gasteiger partial charge in [0.15, 0.2) is 0 Å². The topological polar surface area (TPSA) is 9.23 Å². The fourth-order valence-electron chi connectivity index (χ4n) is 3.72. The van der Waals surface area contributed by atoms with Crippen LogP contribution in [-0.4, -0.2) is 7.11 Å². The number of aryl methyl sites for hydroxylation is 1. The summed E-state index contributed by atoms with van der Waals surface area (Å²) in [5, 5.41) is 0. The second kappa shape index (κ2) is 15.3. The standard InChI is InChI=1S/C27H36O.2C2H6/c1-16(2)21(10)26(19(7)8)27(25(17(3)4)18(5)6)24-14-13-23(15-20(24)9)22(11)28-12;2*1-2/h13-15,27H,1,3,7,11H2,2,4-6,8-10,12H3;2*1-2H3/b26-21+;;. The van der Waals surface area contributed by atoms with Crippen molar-refractivity contribution in [1.82, 2.24) is 0 Å². The third-order valence-electron chi connectivity index (χ3n) is 5.23. The fraction of sp³-hybridized carbons (Fsp3) is 0.419. The van der Waals surface area contributed by atoms with Gasteiger partial charge in [-0.2, -0.15) is 0 Å². The minimum absolute atomic E-state index is 0.0570. The molecule has 0 aliphatic carbocycles. The van der Waals surface area contributed by atoms with E-state index in [4.69, 9.17) is 4.74 Å². The zero-order chi connectivity index (χ0) is 25.8. The number of hydrogen-bond acceptors (Lipinski definition) is 1. The predicted molar refractivity (Wildman–Crippen MR) is 148 cm³/mol. The van der Waals surface area contributed by atoms with Gasteiger partial charge in [-0.25, -0.2) is 0 Å². The Labute approximate surface area is 200 Å². The molecule has 1 heteroatoms. The van der Waals surface area contributed by atoms with Crippen LogP contribution in [0, 0.1) is 6.92 Å². The molecule has 1 aromatic rings. The lowest BCUT2D eigenvalue weighted by molar-refractivity contribution is 0.371. The van der Waals surface area contributed by atoms with Crippen molar-refractivity contribution in [3.05, 3.63) is 100 Å². The summed E-state index contributed by atoms with van der Waals surface area (Å²) in [6.07, 6.45) is 0. The van der Waals surface area contributed by atoms with Gasteiger partial charge in [0.25, 0.3) is 0 Å². The molecule has 1 aromatic carbocycles. The predicted octanol–water partition coefficient (Wildman–Crippen LogP) is 10.1. The van der Waals surface area contributed by atoms with E-state index in [-0.39, 0.29) is 5.92 Å². The van der Waals surface area contributed by atoms with Gasteiger partial charge in [-0.1, -0.05) is 88.4 Å². The molecule has 0 aromatic heterocycles. The molecule has 1 atom stereocenters. The van der Waals surface area contributed by atoms with Crippen molar-refractivity contribution in [3.63, 3.8) is 0 Å². The number of rotatable bonds is 8. The molecule has 0 N–H and O–H groups in total. The zero-order valence-corrected chi connectivity index (χ0v) is 23.0. The van der Waals surface area contributed by atoms with Crippen LogP contribution in [0.25, 0.3) is 5.76 Å². The number of ether oxygens (including phenoxy) is 1. The van der Waals surface area contributed by atoms with E-state index >= 15 is 0 Å². The van der Waals surface area contributed by atoms with Crippen molar-refractivity contribution in [2.75, 3.05) is 7.11 Å². The molecule has 1 rings (SSSR count). The molecule has 0 fully saturated rings. The van der Waals surface area contributed by atoms with Crippen LogP contribution in [0.3, 0.4) is 0 Å². The smallest absolute Gasteiger partial charge is 0.118 e. The van der Waals surface area contributed by atoms with Gasteiger partial charge in [0.2, 0.25) is 0 Å². The van der Waals surface area contributed by atoms with Crippen molar-refractivity contribution in [3.8, 4) is 0 Å². The summed E-state index contributed by atoms with van der Waals surface area (Å²) < 4.78 is 5.32. The summed E-state index contributed by atoms with van der Waals surface area (Å²) in [4.78, 5) is 0. The Morgan fingerprint density at radius 2 is 1.22 bits per heavy atom. The van der Waals surface area contributed by atoms with E-state index in [1.807, 2.05) is 27.7 Å². The van der Waals surface area contributed by atoms with Crippen molar-refractivity contribution in [2.45, 2.75) is 82.1 Å². The van der Waals surface area contributed by atoms with E-state index in [0.29, 0.717) is 5.76 Å². The molecule has 0 bridgehead atoms. The van der Waals surface area contributed by atoms with Crippen molar-refractivity contribution >= 4 is 5.76 Å². The molecule has 0 saturated carbocycles. The maximum absolute atomic E-state index is 5.32. The molecule has 0 amide bonds. The van der Waals surface area contributed by atoms with Gasteiger partial charge >= 0.3 is 0 Å². The normalized spacial score (nSPS) is 11.4. The molecule has 0 saturated heterocycles. The van der Waals surface area contributed by atoms with Crippen LogP contribution in [0.4, 0.5) is 0 Å². The SMILES string of the molecule is C=C(C)C(=C(C)C)C(/C(C(=C)C)=C(\C)C(=C)C)c1ccc(C(=C)OC)cc1C.CC.CC. The fourth-order valence-corrected chi connectivity index (χ4v) is 3.72. The molecule has 0 radical (unpaired) electrons. The van der Waals surface area contributed by atoms with Crippen molar-refractivity contribution in [1.29, 1.82) is 0 Å². The van der Waals surface area contributed by atoms with Gasteiger partial charge in [0, 0.05) is 11.5 Å². The Bertz CT molecular complexity index is 883. The third-order valence-corrected chi connectivity index (χ3v) is 5.23. The monoisotopic (exact) mass is 436 g/mol. The van der Waals surface area contributed by atoms with E-state index in [9.17, 15) is 0 Å². The average molecular weight is 437 g/mol. The highest BCUT2D eigenvalue weighted by atomic mass is 16.5. The summed E-state index contributed by atoms with van der Waals surface area (Å²) in [7, 11) is 1.65. The lowest BCUT2D eigenvalue weighted by atomic mass is 9.74. The minimum Gasteiger partial charge on any atom is -0.497 e. The third kappa shape index (κ3) is 8.19. The Hall–Kier alpha value is -2.54. The molecular formula is C31H48O. The highest BCUT2D eigenvalue weighted by Crippen LogP contribution is 2.43. The number of hydrogen-bond donors (Lipinski definition) is 0. The van der Waals surface area contributed by atoms with E-state index in [1.54, 1.807) is 7.11 Å². The second-order valence-electron chi connectivity index (χ2n) is 7.93. The summed E-state index contributed by atoms with van der Waals surface area (Å²) >= 11 is 0. The van der Waals surface area contributed by atoms with Crippen LogP contribution in [0.15, 0.2) is 83.5 Å². The van der Waals surface area contributed by atoms with Crippen LogP contribution < -0.4 is 0 Å². The first-order chi connectivity index (χ1) is 14.9. The molecule has 0 spiro atoms. The average Bonchev–Trinajstić information content (AvgIpc) is 2.74. The quantitative estimate of drug-likeness (QED) is 0.291. The van der Waals surface area contributed by atoms with Gasteiger partial charge in [-0.15, -0.1) is 0 Å². The Kier molecular flexibility index (Phi) is 15.1. The van der Waals surface area contributed by atoms with E-state index < -0.39 is 0 Å². The molecule has 32 heavy (non-hydrogen) atoms. The van der Waals surface area contributed by atoms with E-state index in [1.165, 1.54) is 33.4 Å². The van der Waals surface area contributed by atoms with Gasteiger partial charge in [-0.3, -0.25) is 0 Å². The van der Waals surface area contributed by atoms with Gasteiger partial charge in [0.1, 0.15) is 5.76 Å². The summed E-state index contributed by atoms with van der Waals surface area (Å²) in [5.41, 5.74) is 11.5. The first-order valence-electron chi connectivity index (χ1n) is 11.6. The van der Waals surface area contributed by atoms with Crippen LogP contribution >= 0.6 is 0 Å². The van der Waals surface area contributed by atoms with Crippen LogP contribution in [0.1, 0.15) is 91.8 Å². The van der Waals surface area contributed by atoms with E-state index in [0.717, 1.165) is 22.3 Å². The summed E-state index contributed by atoms with van der Waals surface area (Å²) in [6.45, 7) is 39.6. The highest BCUT2D eigenvalue weighted by Gasteiger charge is 2.27. The first kappa shape index (κ1) is 31.6.